The van der Waals surface area contributed by atoms with Crippen molar-refractivity contribution in [3.63, 3.8) is 0 Å². The molecule has 0 unspecified atom stereocenters. The van der Waals surface area contributed by atoms with Crippen LogP contribution in [-0.2, 0) is 17.8 Å². The summed E-state index contributed by atoms with van der Waals surface area (Å²) >= 11 is 6.07. The smallest absolute Gasteiger partial charge is 0.257 e. The van der Waals surface area contributed by atoms with E-state index in [1.807, 2.05) is 13.8 Å². The van der Waals surface area contributed by atoms with Crippen LogP contribution in [0.4, 0.5) is 0 Å². The summed E-state index contributed by atoms with van der Waals surface area (Å²) in [4.78, 5) is 29.8. The lowest BCUT2D eigenvalue weighted by Crippen LogP contribution is -2.39. The molecule has 0 aliphatic rings. The average molecular weight is 378 g/mol. The highest BCUT2D eigenvalue weighted by Crippen LogP contribution is 2.21. The van der Waals surface area contributed by atoms with Gasteiger partial charge in [-0.3, -0.25) is 14.2 Å². The lowest BCUT2D eigenvalue weighted by molar-refractivity contribution is -0.122. The van der Waals surface area contributed by atoms with Gasteiger partial charge in [-0.05, 0) is 32.4 Å². The summed E-state index contributed by atoms with van der Waals surface area (Å²) in [5, 5.41) is 12.6. The van der Waals surface area contributed by atoms with E-state index in [0.29, 0.717) is 27.7 Å². The minimum Gasteiger partial charge on any atom is -0.396 e. The molecule has 140 valence electrons. The molecule has 2 N–H and O–H groups in total. The van der Waals surface area contributed by atoms with E-state index < -0.39 is 0 Å². The maximum absolute atomic E-state index is 12.9. The third-order valence-electron chi connectivity index (χ3n) is 4.24. The van der Waals surface area contributed by atoms with Crippen LogP contribution in [0.3, 0.4) is 0 Å². The Bertz CT molecular complexity index is 848. The number of aliphatic hydroxyl groups is 1. The van der Waals surface area contributed by atoms with Gasteiger partial charge in [0.05, 0.1) is 0 Å². The van der Waals surface area contributed by atoms with Crippen molar-refractivity contribution in [3.8, 4) is 11.4 Å². The highest BCUT2D eigenvalue weighted by molar-refractivity contribution is 6.30. The quantitative estimate of drug-likeness (QED) is 0.775. The molecule has 0 aliphatic carbocycles. The van der Waals surface area contributed by atoms with Gasteiger partial charge in [0.15, 0.2) is 0 Å². The Morgan fingerprint density at radius 1 is 1.42 bits per heavy atom. The molecular weight excluding hydrogens is 354 g/mol. The molecule has 0 aliphatic heterocycles. The summed E-state index contributed by atoms with van der Waals surface area (Å²) in [7, 11) is 0. The number of hydrogen-bond acceptors (Lipinski definition) is 4. The first-order chi connectivity index (χ1) is 12.4. The highest BCUT2D eigenvalue weighted by atomic mass is 35.5. The number of halogens is 1. The minimum atomic E-state index is -0.319. The lowest BCUT2D eigenvalue weighted by Gasteiger charge is -2.17. The number of hydrogen-bond donors (Lipinski definition) is 2. The number of amides is 1. The van der Waals surface area contributed by atoms with Crippen molar-refractivity contribution in [1.29, 1.82) is 0 Å². The second kappa shape index (κ2) is 8.96. The van der Waals surface area contributed by atoms with Crippen molar-refractivity contribution in [3.05, 3.63) is 50.9 Å². The van der Waals surface area contributed by atoms with E-state index in [0.717, 1.165) is 6.42 Å². The summed E-state index contributed by atoms with van der Waals surface area (Å²) in [6.07, 6.45) is 0.990. The van der Waals surface area contributed by atoms with E-state index in [4.69, 9.17) is 11.6 Å². The molecule has 1 atom stereocenters. The molecule has 0 saturated carbocycles. The fourth-order valence-electron chi connectivity index (χ4n) is 2.66. The van der Waals surface area contributed by atoms with E-state index in [1.54, 1.807) is 31.2 Å². The van der Waals surface area contributed by atoms with Crippen molar-refractivity contribution >= 4 is 17.5 Å². The van der Waals surface area contributed by atoms with Gasteiger partial charge in [-0.2, -0.15) is 0 Å². The number of aliphatic hydroxyl groups excluding tert-OH is 1. The number of nitrogens with zero attached hydrogens (tertiary/aromatic N) is 2. The average Bonchev–Trinajstić information content (AvgIpc) is 2.60. The first-order valence-electron chi connectivity index (χ1n) is 8.63. The van der Waals surface area contributed by atoms with Crippen LogP contribution in [0, 0.1) is 6.92 Å². The van der Waals surface area contributed by atoms with Crippen LogP contribution in [-0.4, -0.2) is 33.2 Å². The Kier molecular flexibility index (Phi) is 6.94. The molecule has 0 radical (unpaired) electrons. The first-order valence-corrected chi connectivity index (χ1v) is 9.01. The molecule has 1 amide bonds. The fourth-order valence-corrected chi connectivity index (χ4v) is 2.85. The van der Waals surface area contributed by atoms with Gasteiger partial charge in [-0.15, -0.1) is 0 Å². The van der Waals surface area contributed by atoms with Gasteiger partial charge in [0, 0.05) is 40.9 Å². The summed E-state index contributed by atoms with van der Waals surface area (Å²) in [5.74, 6) is 0.126. The third kappa shape index (κ3) is 4.71. The Labute approximate surface area is 157 Å². The number of carbonyl (C=O) groups is 1. The van der Waals surface area contributed by atoms with E-state index in [1.165, 1.54) is 4.57 Å². The van der Waals surface area contributed by atoms with Gasteiger partial charge in [-0.1, -0.05) is 30.7 Å². The number of carbonyl (C=O) groups excluding carboxylic acids is 1. The zero-order valence-corrected chi connectivity index (χ0v) is 16.0. The van der Waals surface area contributed by atoms with Crippen molar-refractivity contribution in [2.45, 2.75) is 46.2 Å². The predicted octanol–water partition coefficient (Wildman–Crippen LogP) is 2.32. The van der Waals surface area contributed by atoms with Crippen molar-refractivity contribution in [2.24, 2.45) is 0 Å². The monoisotopic (exact) mass is 377 g/mol. The van der Waals surface area contributed by atoms with Gasteiger partial charge in [0.25, 0.3) is 5.56 Å². The van der Waals surface area contributed by atoms with Crippen molar-refractivity contribution in [2.75, 3.05) is 6.61 Å². The molecule has 0 fully saturated rings. The van der Waals surface area contributed by atoms with Crippen LogP contribution in [0.15, 0.2) is 29.1 Å². The predicted molar refractivity (Wildman–Crippen MR) is 102 cm³/mol. The minimum absolute atomic E-state index is 0.0168. The molecule has 0 saturated heterocycles. The van der Waals surface area contributed by atoms with E-state index >= 15 is 0 Å². The molecular formula is C19H24ClN3O3. The van der Waals surface area contributed by atoms with Crippen molar-refractivity contribution in [1.82, 2.24) is 14.9 Å². The van der Waals surface area contributed by atoms with Gasteiger partial charge in [0.1, 0.15) is 12.4 Å². The Morgan fingerprint density at radius 3 is 2.77 bits per heavy atom. The van der Waals surface area contributed by atoms with Crippen LogP contribution >= 0.6 is 11.6 Å². The highest BCUT2D eigenvalue weighted by Gasteiger charge is 2.18. The number of rotatable bonds is 7. The van der Waals surface area contributed by atoms with Gasteiger partial charge >= 0.3 is 0 Å². The summed E-state index contributed by atoms with van der Waals surface area (Å²) in [6, 6.07) is 7.02. The molecule has 26 heavy (non-hydrogen) atoms. The zero-order valence-electron chi connectivity index (χ0n) is 15.3. The van der Waals surface area contributed by atoms with E-state index in [2.05, 4.69) is 10.3 Å². The molecule has 7 heteroatoms. The molecule has 0 spiro atoms. The van der Waals surface area contributed by atoms with Crippen LogP contribution < -0.4 is 10.9 Å². The number of benzene rings is 1. The Balaban J connectivity index is 2.56. The van der Waals surface area contributed by atoms with Gasteiger partial charge in [-0.25, -0.2) is 4.98 Å². The lowest BCUT2D eigenvalue weighted by atomic mass is 10.1. The molecule has 6 nitrogen and oxygen atoms in total. The summed E-state index contributed by atoms with van der Waals surface area (Å²) in [5.41, 5.74) is 1.29. The first kappa shape index (κ1) is 20.1. The van der Waals surface area contributed by atoms with E-state index in [9.17, 15) is 14.7 Å². The molecule has 1 heterocycles. The van der Waals surface area contributed by atoms with Crippen molar-refractivity contribution < 1.29 is 9.90 Å². The maximum Gasteiger partial charge on any atom is 0.257 e. The molecule has 0 bridgehead atoms. The standard InChI is InChI=1S/C19H24ClN3O3/c1-4-12(2)21-17(25)11-23-18(14-6-5-7-15(20)10-14)22-13(3)16(8-9-24)19(23)26/h5-7,10,12,24H,4,8-9,11H2,1-3H3,(H,21,25)/t12-/m0/s1. The van der Waals surface area contributed by atoms with Crippen LogP contribution in [0.2, 0.25) is 5.02 Å². The molecule has 1 aromatic heterocycles. The van der Waals surface area contributed by atoms with Crippen LogP contribution in [0.25, 0.3) is 11.4 Å². The summed E-state index contributed by atoms with van der Waals surface area (Å²) in [6.45, 7) is 5.30. The second-order valence-corrected chi connectivity index (χ2v) is 6.69. The maximum atomic E-state index is 12.9. The Morgan fingerprint density at radius 2 is 2.15 bits per heavy atom. The molecule has 2 aromatic rings. The zero-order chi connectivity index (χ0) is 19.3. The molecule has 1 aromatic carbocycles. The number of aromatic nitrogens is 2. The van der Waals surface area contributed by atoms with E-state index in [-0.39, 0.29) is 37.1 Å². The van der Waals surface area contributed by atoms with Gasteiger partial charge in [0.2, 0.25) is 5.91 Å². The number of aryl methyl sites for hydroxylation is 1. The molecule has 2 rings (SSSR count). The topological polar surface area (TPSA) is 84.2 Å². The third-order valence-corrected chi connectivity index (χ3v) is 4.47. The SMILES string of the molecule is CC[C@H](C)NC(=O)Cn1c(-c2cccc(Cl)c2)nc(C)c(CCO)c1=O. The van der Waals surface area contributed by atoms with Crippen LogP contribution in [0.5, 0.6) is 0 Å². The fraction of sp³-hybridized carbons (Fsp3) is 0.421. The summed E-state index contributed by atoms with van der Waals surface area (Å²) < 4.78 is 1.35. The normalized spacial score (nSPS) is 12.0. The van der Waals surface area contributed by atoms with Crippen LogP contribution in [0.1, 0.15) is 31.5 Å². The largest absolute Gasteiger partial charge is 0.396 e. The Hall–Kier alpha value is -2.18. The van der Waals surface area contributed by atoms with Gasteiger partial charge < -0.3 is 10.4 Å². The second-order valence-electron chi connectivity index (χ2n) is 6.25. The number of nitrogens with one attached hydrogen (secondary N) is 1.